The molecule has 0 aromatic heterocycles. The van der Waals surface area contributed by atoms with Crippen LogP contribution in [0.1, 0.15) is 11.1 Å². The zero-order chi connectivity index (χ0) is 23.9. The molecule has 0 spiro atoms. The van der Waals surface area contributed by atoms with Crippen molar-refractivity contribution in [3.05, 3.63) is 106 Å². The molecule has 4 rings (SSSR count). The number of nitrogens with one attached hydrogen (secondary N) is 1. The quantitative estimate of drug-likeness (QED) is 0.164. The first-order chi connectivity index (χ1) is 16.5. The first kappa shape index (κ1) is 22.3. The Morgan fingerprint density at radius 1 is 0.941 bits per heavy atom. The van der Waals surface area contributed by atoms with Crippen molar-refractivity contribution in [3.63, 3.8) is 0 Å². The second-order valence-corrected chi connectivity index (χ2v) is 7.32. The molecular weight excluding hydrogens is 434 g/mol. The molecule has 0 aliphatic carbocycles. The minimum Gasteiger partial charge on any atom is -0.507 e. The summed E-state index contributed by atoms with van der Waals surface area (Å²) in [7, 11) is 0. The van der Waals surface area contributed by atoms with Crippen LogP contribution in [0.5, 0.6) is 5.75 Å². The van der Waals surface area contributed by atoms with E-state index in [-0.39, 0.29) is 23.8 Å². The SMILES string of the molecule is O=C(Cc1cccc2ccccc12)N/N=C/c1cc(N=Nc2ccc([N+](=O)[O-])cc2)ccc1O. The first-order valence-electron chi connectivity index (χ1n) is 10.3. The molecule has 0 aliphatic rings. The van der Waals surface area contributed by atoms with Crippen molar-refractivity contribution >= 4 is 40.0 Å². The summed E-state index contributed by atoms with van der Waals surface area (Å²) >= 11 is 0. The number of rotatable bonds is 7. The summed E-state index contributed by atoms with van der Waals surface area (Å²) in [6.45, 7) is 0. The highest BCUT2D eigenvalue weighted by molar-refractivity contribution is 5.91. The molecule has 9 heteroatoms. The van der Waals surface area contributed by atoms with E-state index in [1.807, 2.05) is 42.5 Å². The maximum absolute atomic E-state index is 12.4. The lowest BCUT2D eigenvalue weighted by Gasteiger charge is -2.05. The minimum absolute atomic E-state index is 0.0374. The Bertz CT molecular complexity index is 1410. The molecule has 0 fully saturated rings. The Balaban J connectivity index is 1.41. The van der Waals surface area contributed by atoms with E-state index in [1.54, 1.807) is 12.1 Å². The highest BCUT2D eigenvalue weighted by Crippen LogP contribution is 2.25. The predicted molar refractivity (Wildman–Crippen MR) is 129 cm³/mol. The van der Waals surface area contributed by atoms with Gasteiger partial charge in [-0.25, -0.2) is 5.43 Å². The summed E-state index contributed by atoms with van der Waals surface area (Å²) < 4.78 is 0. The van der Waals surface area contributed by atoms with Crippen LogP contribution in [-0.4, -0.2) is 22.2 Å². The molecule has 0 bridgehead atoms. The standard InChI is InChI=1S/C25H19N5O4/c31-24-13-10-21(28-27-20-8-11-22(12-9-20)30(33)34)14-19(24)16-26-29-25(32)15-18-6-3-5-17-4-1-2-7-23(17)18/h1-14,16,31H,15H2,(H,29,32)/b26-16+,28-27?. The number of carbonyl (C=O) groups excluding carboxylic acids is 1. The van der Waals surface area contributed by atoms with Gasteiger partial charge in [-0.1, -0.05) is 42.5 Å². The number of aromatic hydroxyl groups is 1. The zero-order valence-corrected chi connectivity index (χ0v) is 17.8. The van der Waals surface area contributed by atoms with Gasteiger partial charge < -0.3 is 5.11 Å². The van der Waals surface area contributed by atoms with Gasteiger partial charge in [0.2, 0.25) is 5.91 Å². The molecule has 34 heavy (non-hydrogen) atoms. The molecule has 0 aliphatic heterocycles. The Hall–Kier alpha value is -4.92. The van der Waals surface area contributed by atoms with E-state index in [4.69, 9.17) is 0 Å². The van der Waals surface area contributed by atoms with Gasteiger partial charge in [-0.05, 0) is 46.7 Å². The van der Waals surface area contributed by atoms with Crippen LogP contribution in [0.15, 0.2) is 100 Å². The topological polar surface area (TPSA) is 130 Å². The van der Waals surface area contributed by atoms with E-state index in [0.717, 1.165) is 16.3 Å². The molecule has 9 nitrogen and oxygen atoms in total. The lowest BCUT2D eigenvalue weighted by Crippen LogP contribution is -2.19. The van der Waals surface area contributed by atoms with Gasteiger partial charge in [0.15, 0.2) is 0 Å². The monoisotopic (exact) mass is 453 g/mol. The van der Waals surface area contributed by atoms with Crippen LogP contribution in [0.25, 0.3) is 10.8 Å². The number of phenols is 1. The molecule has 1 amide bonds. The lowest BCUT2D eigenvalue weighted by atomic mass is 10.0. The van der Waals surface area contributed by atoms with Crippen LogP contribution in [0.4, 0.5) is 17.1 Å². The summed E-state index contributed by atoms with van der Waals surface area (Å²) in [6.07, 6.45) is 1.48. The summed E-state index contributed by atoms with van der Waals surface area (Å²) in [6, 6.07) is 23.8. The summed E-state index contributed by atoms with van der Waals surface area (Å²) in [5.41, 5.74) is 4.54. The average molecular weight is 453 g/mol. The number of carbonyl (C=O) groups is 1. The third-order valence-corrected chi connectivity index (χ3v) is 4.98. The number of phenolic OH excluding ortho intramolecular Hbond substituents is 1. The smallest absolute Gasteiger partial charge is 0.269 e. The van der Waals surface area contributed by atoms with Gasteiger partial charge in [0.25, 0.3) is 5.69 Å². The van der Waals surface area contributed by atoms with Crippen molar-refractivity contribution in [1.29, 1.82) is 0 Å². The van der Waals surface area contributed by atoms with Gasteiger partial charge >= 0.3 is 0 Å². The van der Waals surface area contributed by atoms with Gasteiger partial charge in [0, 0.05) is 17.7 Å². The number of amides is 1. The van der Waals surface area contributed by atoms with E-state index < -0.39 is 4.92 Å². The Labute approximate surface area is 194 Å². The van der Waals surface area contributed by atoms with E-state index in [9.17, 15) is 20.0 Å². The number of nitrogens with zero attached hydrogens (tertiary/aromatic N) is 4. The fourth-order valence-electron chi connectivity index (χ4n) is 3.30. The van der Waals surface area contributed by atoms with Crippen molar-refractivity contribution in [2.24, 2.45) is 15.3 Å². The number of benzene rings is 4. The molecule has 0 atom stereocenters. The first-order valence-corrected chi connectivity index (χ1v) is 10.3. The second kappa shape index (κ2) is 10.1. The molecule has 4 aromatic carbocycles. The van der Waals surface area contributed by atoms with Gasteiger partial charge in [0.05, 0.1) is 28.9 Å². The van der Waals surface area contributed by atoms with Crippen LogP contribution in [0.3, 0.4) is 0 Å². The van der Waals surface area contributed by atoms with Crippen LogP contribution >= 0.6 is 0 Å². The molecule has 2 N–H and O–H groups in total. The Morgan fingerprint density at radius 2 is 1.65 bits per heavy atom. The summed E-state index contributed by atoms with van der Waals surface area (Å²) in [5.74, 6) is -0.331. The van der Waals surface area contributed by atoms with E-state index >= 15 is 0 Å². The van der Waals surface area contributed by atoms with Crippen LogP contribution in [0, 0.1) is 10.1 Å². The second-order valence-electron chi connectivity index (χ2n) is 7.32. The number of nitro groups is 1. The minimum atomic E-state index is -0.493. The fourth-order valence-corrected chi connectivity index (χ4v) is 3.30. The van der Waals surface area contributed by atoms with Crippen LogP contribution in [0.2, 0.25) is 0 Å². The molecule has 0 saturated carbocycles. The molecule has 0 saturated heterocycles. The molecule has 4 aromatic rings. The molecular formula is C25H19N5O4. The number of hydrogen-bond acceptors (Lipinski definition) is 7. The van der Waals surface area contributed by atoms with Gasteiger partial charge in [-0.15, -0.1) is 0 Å². The predicted octanol–water partition coefficient (Wildman–Crippen LogP) is 5.56. The van der Waals surface area contributed by atoms with Crippen LogP contribution in [-0.2, 0) is 11.2 Å². The Kier molecular flexibility index (Phi) is 6.64. The normalized spacial score (nSPS) is 11.3. The molecule has 168 valence electrons. The molecule has 0 heterocycles. The van der Waals surface area contributed by atoms with E-state index in [1.165, 1.54) is 36.5 Å². The van der Waals surface area contributed by atoms with Crippen molar-refractivity contribution in [1.82, 2.24) is 5.43 Å². The van der Waals surface area contributed by atoms with Gasteiger partial charge in [-0.3, -0.25) is 14.9 Å². The van der Waals surface area contributed by atoms with Crippen LogP contribution < -0.4 is 5.43 Å². The number of hydrazone groups is 1. The average Bonchev–Trinajstić information content (AvgIpc) is 2.85. The number of non-ortho nitro benzene ring substituents is 1. The van der Waals surface area contributed by atoms with Crippen molar-refractivity contribution < 1.29 is 14.8 Å². The molecule has 0 unspecified atom stereocenters. The van der Waals surface area contributed by atoms with Gasteiger partial charge in [0.1, 0.15) is 5.75 Å². The zero-order valence-electron chi connectivity index (χ0n) is 17.8. The number of fused-ring (bicyclic) bond motifs is 1. The van der Waals surface area contributed by atoms with Crippen molar-refractivity contribution in [3.8, 4) is 5.75 Å². The molecule has 0 radical (unpaired) electrons. The van der Waals surface area contributed by atoms with Crippen molar-refractivity contribution in [2.75, 3.05) is 0 Å². The highest BCUT2D eigenvalue weighted by Gasteiger charge is 2.07. The van der Waals surface area contributed by atoms with E-state index in [0.29, 0.717) is 16.9 Å². The van der Waals surface area contributed by atoms with Gasteiger partial charge in [-0.2, -0.15) is 15.3 Å². The maximum atomic E-state index is 12.4. The lowest BCUT2D eigenvalue weighted by molar-refractivity contribution is -0.384. The highest BCUT2D eigenvalue weighted by atomic mass is 16.6. The number of azo groups is 1. The number of nitro benzene ring substituents is 1. The number of hydrogen-bond donors (Lipinski definition) is 2. The largest absolute Gasteiger partial charge is 0.507 e. The Morgan fingerprint density at radius 3 is 2.44 bits per heavy atom. The maximum Gasteiger partial charge on any atom is 0.269 e. The fraction of sp³-hybridized carbons (Fsp3) is 0.0400. The third kappa shape index (κ3) is 5.46. The summed E-state index contributed by atoms with van der Waals surface area (Å²) in [4.78, 5) is 22.6. The van der Waals surface area contributed by atoms with E-state index in [2.05, 4.69) is 20.8 Å². The summed E-state index contributed by atoms with van der Waals surface area (Å²) in [5, 5.41) is 34.9. The van der Waals surface area contributed by atoms with Crippen molar-refractivity contribution in [2.45, 2.75) is 6.42 Å². The third-order valence-electron chi connectivity index (χ3n) is 4.98.